The van der Waals surface area contributed by atoms with Gasteiger partial charge >= 0.3 is 0 Å². The molecule has 3 aromatic rings. The monoisotopic (exact) mass is 502 g/mol. The minimum Gasteiger partial charge on any atom is -0.371 e. The highest BCUT2D eigenvalue weighted by atomic mass is 35.5. The maximum atomic E-state index is 15.3. The second-order valence-corrected chi connectivity index (χ2v) is 9.78. The summed E-state index contributed by atoms with van der Waals surface area (Å²) < 4.78 is 29.8. The molecule has 0 unspecified atom stereocenters. The van der Waals surface area contributed by atoms with E-state index in [-0.39, 0.29) is 11.5 Å². The third-order valence-electron chi connectivity index (χ3n) is 6.64. The van der Waals surface area contributed by atoms with E-state index in [0.29, 0.717) is 38.3 Å². The maximum absolute atomic E-state index is 15.3. The molecule has 5 rings (SSSR count). The normalized spacial score (nSPS) is 23.9. The van der Waals surface area contributed by atoms with Gasteiger partial charge in [-0.25, -0.2) is 8.78 Å². The lowest BCUT2D eigenvalue weighted by atomic mass is 9.59. The highest BCUT2D eigenvalue weighted by molar-refractivity contribution is 7.80. The number of aryl methyl sites for hydroxylation is 1. The van der Waals surface area contributed by atoms with Crippen LogP contribution in [0.4, 0.5) is 14.5 Å². The van der Waals surface area contributed by atoms with Crippen molar-refractivity contribution in [2.45, 2.75) is 30.7 Å². The van der Waals surface area contributed by atoms with Gasteiger partial charge < -0.3 is 10.6 Å². The van der Waals surface area contributed by atoms with Gasteiger partial charge in [-0.05, 0) is 53.9 Å². The summed E-state index contributed by atoms with van der Waals surface area (Å²) in [5, 5.41) is 7.06. The number of carbonyl (C=O) groups is 1. The van der Waals surface area contributed by atoms with Crippen molar-refractivity contribution in [2.75, 3.05) is 5.32 Å². The number of fused-ring (bicyclic) bond motifs is 2. The first kappa shape index (κ1) is 22.3. The van der Waals surface area contributed by atoms with Crippen LogP contribution in [-0.2, 0) is 10.2 Å². The summed E-state index contributed by atoms with van der Waals surface area (Å²) in [6.45, 7) is 1.69. The summed E-state index contributed by atoms with van der Waals surface area (Å²) >= 11 is 18.1. The molecule has 2 heterocycles. The van der Waals surface area contributed by atoms with E-state index < -0.39 is 29.0 Å². The number of benzene rings is 3. The maximum Gasteiger partial charge on any atom is 0.238 e. The van der Waals surface area contributed by atoms with Crippen molar-refractivity contribution >= 4 is 52.0 Å². The quantitative estimate of drug-likeness (QED) is 0.387. The predicted molar refractivity (Wildman–Crippen MR) is 130 cm³/mol. The number of rotatable bonds is 2. The summed E-state index contributed by atoms with van der Waals surface area (Å²) in [6, 6.07) is 14.0. The first-order valence-electron chi connectivity index (χ1n) is 10.3. The van der Waals surface area contributed by atoms with Crippen LogP contribution in [0, 0.1) is 18.6 Å². The summed E-state index contributed by atoms with van der Waals surface area (Å²) in [5.74, 6) is -2.82. The average Bonchev–Trinajstić information content (AvgIpc) is 3.04. The van der Waals surface area contributed by atoms with E-state index in [1.165, 1.54) is 6.07 Å². The zero-order valence-corrected chi connectivity index (χ0v) is 19.7. The van der Waals surface area contributed by atoms with Crippen LogP contribution < -0.4 is 10.6 Å². The molecule has 0 saturated carbocycles. The van der Waals surface area contributed by atoms with E-state index in [1.807, 2.05) is 6.07 Å². The van der Waals surface area contributed by atoms with Crippen molar-refractivity contribution < 1.29 is 13.6 Å². The Bertz CT molecular complexity index is 1330. The lowest BCUT2D eigenvalue weighted by Gasteiger charge is -2.47. The number of anilines is 1. The highest BCUT2D eigenvalue weighted by Gasteiger charge is 2.61. The van der Waals surface area contributed by atoms with Gasteiger partial charge in [0.25, 0.3) is 0 Å². The van der Waals surface area contributed by atoms with E-state index in [2.05, 4.69) is 10.6 Å². The van der Waals surface area contributed by atoms with Crippen molar-refractivity contribution in [3.8, 4) is 0 Å². The lowest BCUT2D eigenvalue weighted by molar-refractivity contribution is -0.123. The average molecular weight is 503 g/mol. The van der Waals surface area contributed by atoms with Crippen LogP contribution >= 0.6 is 35.4 Å². The standard InChI is InChI=1S/C25H18Cl2F2N2OS/c1-12-5-8-18(28)22(29)21(12)23-25(16-7-6-15(27)10-19(16)30-24(25)32)17(11-20(33)31-23)13-3-2-4-14(26)9-13/h2-10,17,23H,11H2,1H3,(H,30,32)(H,31,33)/t17-,23-,25-/m0/s1. The molecule has 3 aromatic carbocycles. The Labute approximate surface area is 205 Å². The molecule has 0 radical (unpaired) electrons. The molecule has 2 N–H and O–H groups in total. The number of hydrogen-bond acceptors (Lipinski definition) is 2. The topological polar surface area (TPSA) is 41.1 Å². The fourth-order valence-electron chi connectivity index (χ4n) is 5.26. The van der Waals surface area contributed by atoms with E-state index >= 15 is 4.39 Å². The first-order valence-corrected chi connectivity index (χ1v) is 11.5. The number of nitrogens with one attached hydrogen (secondary N) is 2. The molecular weight excluding hydrogens is 485 g/mol. The van der Waals surface area contributed by atoms with Crippen LogP contribution in [0.15, 0.2) is 54.6 Å². The third kappa shape index (κ3) is 3.35. The van der Waals surface area contributed by atoms with Gasteiger partial charge in [0.1, 0.15) is 5.41 Å². The molecule has 8 heteroatoms. The minimum absolute atomic E-state index is 0.0713. The van der Waals surface area contributed by atoms with Crippen molar-refractivity contribution in [1.29, 1.82) is 0 Å². The second-order valence-electron chi connectivity index (χ2n) is 8.42. The van der Waals surface area contributed by atoms with Gasteiger partial charge in [0.05, 0.1) is 11.0 Å². The number of halogens is 4. The Morgan fingerprint density at radius 3 is 2.58 bits per heavy atom. The van der Waals surface area contributed by atoms with Crippen molar-refractivity contribution in [3.05, 3.63) is 98.5 Å². The SMILES string of the molecule is Cc1ccc(F)c(F)c1[C@@H]1NC(=S)C[C@@H](c2cccc(Cl)c2)[C@]12C(=O)Nc1cc(Cl)ccc12. The van der Waals surface area contributed by atoms with Gasteiger partial charge in [0.15, 0.2) is 11.6 Å². The molecule has 2 aliphatic heterocycles. The Balaban J connectivity index is 1.86. The Kier molecular flexibility index (Phi) is 5.43. The minimum atomic E-state index is -1.33. The van der Waals surface area contributed by atoms with Crippen LogP contribution in [0.3, 0.4) is 0 Å². The molecule has 2 aliphatic rings. The zero-order valence-electron chi connectivity index (χ0n) is 17.4. The molecule has 0 bridgehead atoms. The number of hydrogen-bond donors (Lipinski definition) is 2. The summed E-state index contributed by atoms with van der Waals surface area (Å²) in [7, 11) is 0. The van der Waals surface area contributed by atoms with E-state index in [0.717, 1.165) is 11.6 Å². The Morgan fingerprint density at radius 2 is 1.82 bits per heavy atom. The smallest absolute Gasteiger partial charge is 0.238 e. The second kappa shape index (κ2) is 8.05. The molecule has 0 aliphatic carbocycles. The Morgan fingerprint density at radius 1 is 1.06 bits per heavy atom. The lowest BCUT2D eigenvalue weighted by Crippen LogP contribution is -2.56. The Hall–Kier alpha value is -2.54. The highest BCUT2D eigenvalue weighted by Crippen LogP contribution is 2.58. The van der Waals surface area contributed by atoms with Gasteiger partial charge in [-0.3, -0.25) is 4.79 Å². The number of thiocarbonyl (C=S) groups is 1. The van der Waals surface area contributed by atoms with Crippen LogP contribution in [0.5, 0.6) is 0 Å². The van der Waals surface area contributed by atoms with Crippen molar-refractivity contribution in [3.63, 3.8) is 0 Å². The molecule has 1 amide bonds. The molecule has 1 fully saturated rings. The van der Waals surface area contributed by atoms with Gasteiger partial charge in [-0.15, -0.1) is 0 Å². The van der Waals surface area contributed by atoms with E-state index in [9.17, 15) is 9.18 Å². The van der Waals surface area contributed by atoms with E-state index in [4.69, 9.17) is 35.4 Å². The van der Waals surface area contributed by atoms with Crippen LogP contribution in [0.2, 0.25) is 10.0 Å². The number of amides is 1. The summed E-state index contributed by atoms with van der Waals surface area (Å²) in [6.07, 6.45) is 0.331. The van der Waals surface area contributed by atoms with Crippen LogP contribution in [0.25, 0.3) is 0 Å². The van der Waals surface area contributed by atoms with Gasteiger partial charge in [-0.1, -0.05) is 59.7 Å². The van der Waals surface area contributed by atoms with Crippen LogP contribution in [0.1, 0.15) is 40.6 Å². The molecule has 1 saturated heterocycles. The molecule has 33 heavy (non-hydrogen) atoms. The van der Waals surface area contributed by atoms with Gasteiger partial charge in [-0.2, -0.15) is 0 Å². The predicted octanol–water partition coefficient (Wildman–Crippen LogP) is 6.62. The fraction of sp³-hybridized carbons (Fsp3) is 0.200. The van der Waals surface area contributed by atoms with E-state index in [1.54, 1.807) is 43.3 Å². The molecule has 3 nitrogen and oxygen atoms in total. The van der Waals surface area contributed by atoms with Gasteiger partial charge in [0, 0.05) is 33.6 Å². The summed E-state index contributed by atoms with van der Waals surface area (Å²) in [4.78, 5) is 14.4. The van der Waals surface area contributed by atoms with Gasteiger partial charge in [0.2, 0.25) is 5.91 Å². The number of carbonyl (C=O) groups excluding carboxylic acids is 1. The third-order valence-corrected chi connectivity index (χ3v) is 7.40. The molecule has 168 valence electrons. The molecule has 3 atom stereocenters. The molecule has 1 spiro atoms. The largest absolute Gasteiger partial charge is 0.371 e. The molecular formula is C25H18Cl2F2N2OS. The number of piperidine rings is 1. The first-order chi connectivity index (χ1) is 15.7. The summed E-state index contributed by atoms with van der Waals surface area (Å²) in [5.41, 5.74) is 1.21. The zero-order chi connectivity index (χ0) is 23.5. The fourth-order valence-corrected chi connectivity index (χ4v) is 5.92. The van der Waals surface area contributed by atoms with Crippen molar-refractivity contribution in [1.82, 2.24) is 5.32 Å². The van der Waals surface area contributed by atoms with Crippen LogP contribution in [-0.4, -0.2) is 10.9 Å². The molecule has 0 aromatic heterocycles. The van der Waals surface area contributed by atoms with Crippen molar-refractivity contribution in [2.24, 2.45) is 0 Å².